The van der Waals surface area contributed by atoms with E-state index < -0.39 is 10.0 Å². The summed E-state index contributed by atoms with van der Waals surface area (Å²) < 4.78 is 25.3. The van der Waals surface area contributed by atoms with Gasteiger partial charge in [-0.05, 0) is 60.7 Å². The molecule has 160 valence electrons. The highest BCUT2D eigenvalue weighted by Crippen LogP contribution is 2.17. The monoisotopic (exact) mass is 438 g/mol. The second-order valence-electron chi connectivity index (χ2n) is 6.79. The Hall–Kier alpha value is -3.69. The van der Waals surface area contributed by atoms with Crippen LogP contribution in [0.3, 0.4) is 0 Å². The maximum absolute atomic E-state index is 12.4. The van der Waals surface area contributed by atoms with Crippen LogP contribution in [0.5, 0.6) is 0 Å². The first kappa shape index (κ1) is 22.0. The molecule has 0 aliphatic rings. The van der Waals surface area contributed by atoms with Crippen molar-refractivity contribution in [3.8, 4) is 0 Å². The molecule has 0 unspecified atom stereocenters. The smallest absolute Gasteiger partial charge is 0.322 e. The van der Waals surface area contributed by atoms with E-state index in [0.29, 0.717) is 22.6 Å². The predicted octanol–water partition coefficient (Wildman–Crippen LogP) is 3.83. The largest absolute Gasteiger partial charge is 0.323 e. The Morgan fingerprint density at radius 1 is 0.677 bits per heavy atom. The van der Waals surface area contributed by atoms with Crippen LogP contribution in [0, 0.1) is 0 Å². The quantitative estimate of drug-likeness (QED) is 0.543. The van der Waals surface area contributed by atoms with Crippen LogP contribution in [-0.4, -0.2) is 38.8 Å². The van der Waals surface area contributed by atoms with E-state index in [1.54, 1.807) is 36.4 Å². The number of nitrogens with zero attached hydrogens (tertiary/aromatic N) is 1. The van der Waals surface area contributed by atoms with Gasteiger partial charge in [-0.1, -0.05) is 18.2 Å². The normalized spacial score (nSPS) is 11.1. The van der Waals surface area contributed by atoms with Crippen LogP contribution >= 0.6 is 0 Å². The molecule has 0 saturated heterocycles. The molecular formula is C22H22N4O4S. The van der Waals surface area contributed by atoms with Crippen LogP contribution in [0.2, 0.25) is 0 Å². The average Bonchev–Trinajstić information content (AvgIpc) is 2.75. The standard InChI is InChI=1S/C22H22N4O4S/c1-26(2)31(29,30)20-14-8-16(9-15-20)21(27)23-18-10-12-19(13-11-18)25-22(28)24-17-6-4-3-5-7-17/h3-15H,1-2H3,(H,23,27)(H2,24,25,28). The van der Waals surface area contributed by atoms with Crippen molar-refractivity contribution in [2.24, 2.45) is 0 Å². The number of para-hydroxylation sites is 1. The lowest BCUT2D eigenvalue weighted by Crippen LogP contribution is -2.22. The lowest BCUT2D eigenvalue weighted by Gasteiger charge is -2.12. The molecule has 8 nitrogen and oxygen atoms in total. The van der Waals surface area contributed by atoms with E-state index >= 15 is 0 Å². The Labute approximate surface area is 180 Å². The third kappa shape index (κ3) is 5.68. The number of hydrogen-bond acceptors (Lipinski definition) is 4. The van der Waals surface area contributed by atoms with Crippen molar-refractivity contribution in [3.05, 3.63) is 84.4 Å². The molecule has 0 spiro atoms. The Morgan fingerprint density at radius 2 is 1.16 bits per heavy atom. The number of carbonyl (C=O) groups excluding carboxylic acids is 2. The molecular weight excluding hydrogens is 416 g/mol. The van der Waals surface area contributed by atoms with Crippen molar-refractivity contribution in [2.75, 3.05) is 30.0 Å². The van der Waals surface area contributed by atoms with Crippen molar-refractivity contribution in [3.63, 3.8) is 0 Å². The number of urea groups is 1. The van der Waals surface area contributed by atoms with Crippen molar-refractivity contribution in [2.45, 2.75) is 4.90 Å². The zero-order chi connectivity index (χ0) is 22.4. The number of anilines is 3. The number of nitrogens with one attached hydrogen (secondary N) is 3. The van der Waals surface area contributed by atoms with Crippen molar-refractivity contribution in [1.29, 1.82) is 0 Å². The van der Waals surface area contributed by atoms with Gasteiger partial charge >= 0.3 is 6.03 Å². The minimum Gasteiger partial charge on any atom is -0.322 e. The maximum atomic E-state index is 12.4. The van der Waals surface area contributed by atoms with E-state index in [0.717, 1.165) is 4.31 Å². The van der Waals surface area contributed by atoms with E-state index in [4.69, 9.17) is 0 Å². The number of rotatable bonds is 6. The summed E-state index contributed by atoms with van der Waals surface area (Å²) in [5.74, 6) is -0.378. The van der Waals surface area contributed by atoms with Gasteiger partial charge in [0, 0.05) is 36.7 Å². The zero-order valence-electron chi connectivity index (χ0n) is 17.0. The molecule has 3 amide bonds. The first-order valence-electron chi connectivity index (χ1n) is 9.33. The molecule has 0 saturated carbocycles. The van der Waals surface area contributed by atoms with Gasteiger partial charge in [0.1, 0.15) is 0 Å². The molecule has 3 N–H and O–H groups in total. The van der Waals surface area contributed by atoms with Crippen LogP contribution in [0.4, 0.5) is 21.9 Å². The highest BCUT2D eigenvalue weighted by Gasteiger charge is 2.17. The summed E-state index contributed by atoms with van der Waals surface area (Å²) >= 11 is 0. The summed E-state index contributed by atoms with van der Waals surface area (Å²) in [6, 6.07) is 21.0. The third-order valence-electron chi connectivity index (χ3n) is 4.33. The first-order valence-corrected chi connectivity index (χ1v) is 10.8. The molecule has 3 aromatic carbocycles. The van der Waals surface area contributed by atoms with Crippen molar-refractivity contribution in [1.82, 2.24) is 4.31 Å². The first-order chi connectivity index (χ1) is 14.8. The number of benzene rings is 3. The summed E-state index contributed by atoms with van der Waals surface area (Å²) in [4.78, 5) is 24.6. The molecule has 31 heavy (non-hydrogen) atoms. The van der Waals surface area contributed by atoms with E-state index in [1.807, 2.05) is 18.2 Å². The van der Waals surface area contributed by atoms with Crippen LogP contribution in [0.1, 0.15) is 10.4 Å². The zero-order valence-corrected chi connectivity index (χ0v) is 17.8. The van der Waals surface area contributed by atoms with Gasteiger partial charge in [-0.15, -0.1) is 0 Å². The molecule has 0 aromatic heterocycles. The Bertz CT molecular complexity index is 1160. The lowest BCUT2D eigenvalue weighted by atomic mass is 10.2. The maximum Gasteiger partial charge on any atom is 0.323 e. The molecule has 9 heteroatoms. The van der Waals surface area contributed by atoms with Gasteiger partial charge < -0.3 is 16.0 Å². The van der Waals surface area contributed by atoms with Crippen molar-refractivity contribution >= 4 is 39.0 Å². The summed E-state index contributed by atoms with van der Waals surface area (Å²) in [5.41, 5.74) is 2.09. The van der Waals surface area contributed by atoms with E-state index in [1.165, 1.54) is 38.4 Å². The Kier molecular flexibility index (Phi) is 6.68. The Morgan fingerprint density at radius 3 is 1.68 bits per heavy atom. The minimum atomic E-state index is -3.55. The third-order valence-corrected chi connectivity index (χ3v) is 6.16. The molecule has 0 radical (unpaired) electrons. The highest BCUT2D eigenvalue weighted by molar-refractivity contribution is 7.89. The second kappa shape index (κ2) is 9.41. The minimum absolute atomic E-state index is 0.109. The van der Waals surface area contributed by atoms with Gasteiger partial charge in [0.2, 0.25) is 10.0 Å². The fourth-order valence-electron chi connectivity index (χ4n) is 2.64. The summed E-state index contributed by atoms with van der Waals surface area (Å²) in [6.07, 6.45) is 0. The van der Waals surface area contributed by atoms with Crippen molar-refractivity contribution < 1.29 is 18.0 Å². The molecule has 0 fully saturated rings. The predicted molar refractivity (Wildman–Crippen MR) is 121 cm³/mol. The lowest BCUT2D eigenvalue weighted by molar-refractivity contribution is 0.102. The fourth-order valence-corrected chi connectivity index (χ4v) is 3.55. The van der Waals surface area contributed by atoms with Gasteiger partial charge in [0.15, 0.2) is 0 Å². The molecule has 0 aliphatic carbocycles. The highest BCUT2D eigenvalue weighted by atomic mass is 32.2. The van der Waals surface area contributed by atoms with E-state index in [-0.39, 0.29) is 16.8 Å². The number of carbonyl (C=O) groups is 2. The average molecular weight is 439 g/mol. The van der Waals surface area contributed by atoms with Crippen LogP contribution in [0.25, 0.3) is 0 Å². The summed E-state index contributed by atoms with van der Waals surface area (Å²) in [7, 11) is -0.663. The molecule has 3 rings (SSSR count). The number of hydrogen-bond donors (Lipinski definition) is 3. The number of amides is 3. The SMILES string of the molecule is CN(C)S(=O)(=O)c1ccc(C(=O)Nc2ccc(NC(=O)Nc3ccccc3)cc2)cc1. The number of sulfonamides is 1. The summed E-state index contributed by atoms with van der Waals surface area (Å²) in [5, 5.41) is 8.16. The molecule has 3 aromatic rings. The van der Waals surface area contributed by atoms with Gasteiger partial charge in [0.05, 0.1) is 4.90 Å². The topological polar surface area (TPSA) is 108 Å². The van der Waals surface area contributed by atoms with Gasteiger partial charge in [0.25, 0.3) is 5.91 Å². The van der Waals surface area contributed by atoms with Crippen LogP contribution < -0.4 is 16.0 Å². The van der Waals surface area contributed by atoms with Gasteiger partial charge in [-0.3, -0.25) is 4.79 Å². The van der Waals surface area contributed by atoms with Crippen LogP contribution in [-0.2, 0) is 10.0 Å². The summed E-state index contributed by atoms with van der Waals surface area (Å²) in [6.45, 7) is 0. The van der Waals surface area contributed by atoms with Gasteiger partial charge in [-0.25, -0.2) is 17.5 Å². The van der Waals surface area contributed by atoms with Gasteiger partial charge in [-0.2, -0.15) is 0 Å². The van der Waals surface area contributed by atoms with Crippen LogP contribution in [0.15, 0.2) is 83.8 Å². The molecule has 0 heterocycles. The Balaban J connectivity index is 1.59. The van der Waals surface area contributed by atoms with E-state index in [9.17, 15) is 18.0 Å². The molecule has 0 aliphatic heterocycles. The fraction of sp³-hybridized carbons (Fsp3) is 0.0909. The molecule has 0 bridgehead atoms. The second-order valence-corrected chi connectivity index (χ2v) is 8.94. The molecule has 0 atom stereocenters. The van der Waals surface area contributed by atoms with E-state index in [2.05, 4.69) is 16.0 Å².